The molecule has 2 rings (SSSR count). The van der Waals surface area contributed by atoms with Gasteiger partial charge in [0.15, 0.2) is 0 Å². The summed E-state index contributed by atoms with van der Waals surface area (Å²) in [5, 5.41) is 11.8. The highest BCUT2D eigenvalue weighted by Gasteiger charge is 2.27. The summed E-state index contributed by atoms with van der Waals surface area (Å²) < 4.78 is 5.22. The highest BCUT2D eigenvalue weighted by molar-refractivity contribution is 5.31. The van der Waals surface area contributed by atoms with E-state index in [0.29, 0.717) is 6.54 Å². The van der Waals surface area contributed by atoms with Crippen LogP contribution in [-0.4, -0.2) is 47.5 Å². The van der Waals surface area contributed by atoms with Gasteiger partial charge in [0, 0.05) is 20.2 Å². The van der Waals surface area contributed by atoms with Crippen molar-refractivity contribution in [2.24, 2.45) is 0 Å². The Balaban J connectivity index is 2.14. The maximum Gasteiger partial charge on any atom is 0.342 e. The van der Waals surface area contributed by atoms with E-state index in [4.69, 9.17) is 4.74 Å². The van der Waals surface area contributed by atoms with Crippen molar-refractivity contribution in [1.82, 2.24) is 20.5 Å². The first kappa shape index (κ1) is 10.8. The topological polar surface area (TPSA) is 112 Å². The average molecular weight is 227 g/mol. The quantitative estimate of drug-likeness (QED) is 0.468. The van der Waals surface area contributed by atoms with E-state index >= 15 is 0 Å². The van der Waals surface area contributed by atoms with Gasteiger partial charge >= 0.3 is 5.69 Å². The summed E-state index contributed by atoms with van der Waals surface area (Å²) in [7, 11) is 1.61. The van der Waals surface area contributed by atoms with Gasteiger partial charge in [-0.15, -0.1) is 5.10 Å². The molecule has 1 fully saturated rings. The summed E-state index contributed by atoms with van der Waals surface area (Å²) in [5.74, 6) is 0.0929. The second-order valence-electron chi connectivity index (χ2n) is 3.54. The van der Waals surface area contributed by atoms with Crippen LogP contribution in [0.5, 0.6) is 0 Å². The number of nitrogens with one attached hydrogen (secondary N) is 4. The molecule has 88 valence electrons. The van der Waals surface area contributed by atoms with Crippen molar-refractivity contribution in [3.05, 3.63) is 20.8 Å². The predicted octanol–water partition coefficient (Wildman–Crippen LogP) is -2.14. The summed E-state index contributed by atoms with van der Waals surface area (Å²) in [6.45, 7) is 1.40. The van der Waals surface area contributed by atoms with Gasteiger partial charge in [-0.25, -0.2) is 9.89 Å². The fraction of sp³-hybridized carbons (Fsp3) is 0.625. The SMILES string of the molecule is CO[C@H]1CNCC1Nc1n[nH]c(=O)[nH]c1=O. The predicted molar refractivity (Wildman–Crippen MR) is 56.6 cm³/mol. The molecule has 1 aliphatic rings. The molecule has 16 heavy (non-hydrogen) atoms. The van der Waals surface area contributed by atoms with E-state index in [2.05, 4.69) is 25.8 Å². The smallest absolute Gasteiger partial charge is 0.342 e. The summed E-state index contributed by atoms with van der Waals surface area (Å²) in [5.41, 5.74) is -1.16. The monoisotopic (exact) mass is 227 g/mol. The first-order valence-electron chi connectivity index (χ1n) is 4.90. The Morgan fingerprint density at radius 2 is 2.25 bits per heavy atom. The lowest BCUT2D eigenvalue weighted by Crippen LogP contribution is -2.37. The number of H-pyrrole nitrogens is 2. The number of aromatic nitrogens is 3. The van der Waals surface area contributed by atoms with Gasteiger partial charge in [0.25, 0.3) is 5.56 Å². The summed E-state index contributed by atoms with van der Waals surface area (Å²) in [6.07, 6.45) is -0.0203. The maximum absolute atomic E-state index is 11.4. The van der Waals surface area contributed by atoms with Crippen LogP contribution in [0.4, 0.5) is 5.82 Å². The molecule has 0 aliphatic carbocycles. The standard InChI is InChI=1S/C8H13N5O3/c1-16-5-3-9-2-4(5)10-6-7(14)11-8(15)13-12-6/h4-5,9H,2-3H2,1H3,(H,10,12)(H2,11,13,14,15)/t4?,5-/m0/s1. The molecule has 8 nitrogen and oxygen atoms in total. The Bertz CT molecular complexity index is 467. The van der Waals surface area contributed by atoms with Gasteiger partial charge in [-0.2, -0.15) is 0 Å². The van der Waals surface area contributed by atoms with E-state index in [-0.39, 0.29) is 18.0 Å². The van der Waals surface area contributed by atoms with Crippen LogP contribution in [0.1, 0.15) is 0 Å². The lowest BCUT2D eigenvalue weighted by Gasteiger charge is -2.17. The number of methoxy groups -OCH3 is 1. The van der Waals surface area contributed by atoms with Crippen molar-refractivity contribution in [2.75, 3.05) is 25.5 Å². The van der Waals surface area contributed by atoms with Crippen LogP contribution in [0.3, 0.4) is 0 Å². The molecule has 1 aliphatic heterocycles. The van der Waals surface area contributed by atoms with Crippen LogP contribution in [-0.2, 0) is 4.74 Å². The number of ether oxygens (including phenoxy) is 1. The minimum Gasteiger partial charge on any atom is -0.378 e. The van der Waals surface area contributed by atoms with Crippen LogP contribution in [0.2, 0.25) is 0 Å². The molecule has 8 heteroatoms. The highest BCUT2D eigenvalue weighted by Crippen LogP contribution is 2.07. The van der Waals surface area contributed by atoms with E-state index < -0.39 is 11.2 Å². The number of rotatable bonds is 3. The Morgan fingerprint density at radius 3 is 2.94 bits per heavy atom. The zero-order chi connectivity index (χ0) is 11.5. The molecule has 0 radical (unpaired) electrons. The molecule has 0 aromatic carbocycles. The number of hydrogen-bond donors (Lipinski definition) is 4. The third kappa shape index (κ3) is 2.12. The Hall–Kier alpha value is -1.67. The Kier molecular flexibility index (Phi) is 3.02. The summed E-state index contributed by atoms with van der Waals surface area (Å²) in [4.78, 5) is 24.2. The van der Waals surface area contributed by atoms with Gasteiger partial charge in [0.2, 0.25) is 5.82 Å². The minimum atomic E-state index is -0.622. The average Bonchev–Trinajstić information content (AvgIpc) is 2.69. The van der Waals surface area contributed by atoms with Crippen LogP contribution in [0.15, 0.2) is 9.59 Å². The molecule has 1 aromatic heterocycles. The van der Waals surface area contributed by atoms with E-state index in [1.54, 1.807) is 7.11 Å². The van der Waals surface area contributed by atoms with E-state index in [1.807, 2.05) is 0 Å². The number of nitrogens with zero attached hydrogens (tertiary/aromatic N) is 1. The molecular formula is C8H13N5O3. The molecule has 0 amide bonds. The largest absolute Gasteiger partial charge is 0.378 e. The molecule has 1 saturated heterocycles. The summed E-state index contributed by atoms with van der Waals surface area (Å²) >= 11 is 0. The van der Waals surface area contributed by atoms with Gasteiger partial charge in [-0.1, -0.05) is 0 Å². The molecule has 4 N–H and O–H groups in total. The molecular weight excluding hydrogens is 214 g/mol. The maximum atomic E-state index is 11.4. The summed E-state index contributed by atoms with van der Waals surface area (Å²) in [6, 6.07) is -0.0375. The number of aromatic amines is 2. The Labute approximate surface area is 90.4 Å². The third-order valence-electron chi connectivity index (χ3n) is 2.49. The fourth-order valence-corrected chi connectivity index (χ4v) is 1.67. The third-order valence-corrected chi connectivity index (χ3v) is 2.49. The zero-order valence-electron chi connectivity index (χ0n) is 8.74. The van der Waals surface area contributed by atoms with Crippen molar-refractivity contribution in [2.45, 2.75) is 12.1 Å². The lowest BCUT2D eigenvalue weighted by atomic mass is 10.2. The van der Waals surface area contributed by atoms with Crippen LogP contribution >= 0.6 is 0 Å². The molecule has 0 spiro atoms. The molecule has 0 saturated carbocycles. The van der Waals surface area contributed by atoms with Gasteiger partial charge in [0.1, 0.15) is 0 Å². The molecule has 1 aromatic rings. The Morgan fingerprint density at radius 1 is 1.44 bits per heavy atom. The van der Waals surface area contributed by atoms with Crippen LogP contribution in [0.25, 0.3) is 0 Å². The molecule has 1 unspecified atom stereocenters. The molecule has 2 heterocycles. The van der Waals surface area contributed by atoms with Gasteiger partial charge in [-0.05, 0) is 0 Å². The minimum absolute atomic E-state index is 0.0203. The van der Waals surface area contributed by atoms with Crippen molar-refractivity contribution < 1.29 is 4.74 Å². The second kappa shape index (κ2) is 4.45. The zero-order valence-corrected chi connectivity index (χ0v) is 8.74. The molecule has 2 atom stereocenters. The lowest BCUT2D eigenvalue weighted by molar-refractivity contribution is 0.111. The van der Waals surface area contributed by atoms with E-state index in [1.165, 1.54) is 0 Å². The fourth-order valence-electron chi connectivity index (χ4n) is 1.67. The van der Waals surface area contributed by atoms with Crippen molar-refractivity contribution in [3.8, 4) is 0 Å². The van der Waals surface area contributed by atoms with Gasteiger partial charge < -0.3 is 15.4 Å². The first-order valence-corrected chi connectivity index (χ1v) is 4.90. The normalized spacial score (nSPS) is 24.6. The van der Waals surface area contributed by atoms with Crippen molar-refractivity contribution in [1.29, 1.82) is 0 Å². The highest BCUT2D eigenvalue weighted by atomic mass is 16.5. The number of hydrogen-bond acceptors (Lipinski definition) is 6. The van der Waals surface area contributed by atoms with Crippen LogP contribution < -0.4 is 21.9 Å². The van der Waals surface area contributed by atoms with Crippen LogP contribution in [0, 0.1) is 0 Å². The van der Waals surface area contributed by atoms with E-state index in [0.717, 1.165) is 6.54 Å². The van der Waals surface area contributed by atoms with Crippen molar-refractivity contribution >= 4 is 5.82 Å². The molecule has 0 bridgehead atoms. The van der Waals surface area contributed by atoms with Gasteiger partial charge in [0.05, 0.1) is 12.1 Å². The first-order chi connectivity index (χ1) is 7.70. The van der Waals surface area contributed by atoms with Crippen molar-refractivity contribution in [3.63, 3.8) is 0 Å². The second-order valence-corrected chi connectivity index (χ2v) is 3.54. The van der Waals surface area contributed by atoms with Gasteiger partial charge in [-0.3, -0.25) is 9.78 Å². The van der Waals surface area contributed by atoms with E-state index in [9.17, 15) is 9.59 Å². The number of anilines is 1.